The highest BCUT2D eigenvalue weighted by Crippen LogP contribution is 2.11. The number of hydrogen-bond acceptors (Lipinski definition) is 5. The fourth-order valence-corrected chi connectivity index (χ4v) is 2.07. The van der Waals surface area contributed by atoms with Crippen LogP contribution >= 0.6 is 0 Å². The molecule has 1 heterocycles. The van der Waals surface area contributed by atoms with Gasteiger partial charge in [0.25, 0.3) is 0 Å². The Kier molecular flexibility index (Phi) is 4.80. The predicted molar refractivity (Wildman–Crippen MR) is 70.0 cm³/mol. The van der Waals surface area contributed by atoms with Gasteiger partial charge in [-0.3, -0.25) is 9.78 Å². The van der Waals surface area contributed by atoms with E-state index in [1.54, 1.807) is 31.6 Å². The van der Waals surface area contributed by atoms with Crippen LogP contribution in [0.25, 0.3) is 0 Å². The number of likely N-dealkylation sites (N-methyl/N-ethyl adjacent to an activating group) is 1. The minimum absolute atomic E-state index is 0.0964. The second kappa shape index (κ2) is 5.92. The van der Waals surface area contributed by atoms with Gasteiger partial charge in [-0.2, -0.15) is 0 Å². The zero-order chi connectivity index (χ0) is 13.8. The maximum Gasteiger partial charge on any atom is 0.243 e. The third kappa shape index (κ3) is 4.42. The summed E-state index contributed by atoms with van der Waals surface area (Å²) in [6.07, 6.45) is 4.38. The molecule has 1 aromatic heterocycles. The van der Waals surface area contributed by atoms with Gasteiger partial charge >= 0.3 is 0 Å². The normalized spacial score (nSPS) is 13.1. The summed E-state index contributed by atoms with van der Waals surface area (Å²) in [4.78, 5) is 17.2. The van der Waals surface area contributed by atoms with E-state index in [9.17, 15) is 13.2 Å². The molecule has 0 spiro atoms. The molecule has 18 heavy (non-hydrogen) atoms. The highest BCUT2D eigenvalue weighted by molar-refractivity contribution is 7.90. The summed E-state index contributed by atoms with van der Waals surface area (Å²) in [5.74, 6) is -0.424. The monoisotopic (exact) mass is 271 g/mol. The van der Waals surface area contributed by atoms with E-state index in [0.29, 0.717) is 5.69 Å². The molecule has 7 heteroatoms. The summed E-state index contributed by atoms with van der Waals surface area (Å²) >= 11 is 0. The molecule has 0 aliphatic heterocycles. The molecule has 1 rings (SSSR count). The lowest BCUT2D eigenvalue weighted by Crippen LogP contribution is -2.42. The van der Waals surface area contributed by atoms with Crippen molar-refractivity contribution in [3.63, 3.8) is 0 Å². The average Bonchev–Trinajstić information content (AvgIpc) is 2.34. The lowest BCUT2D eigenvalue weighted by molar-refractivity contribution is -0.119. The van der Waals surface area contributed by atoms with Crippen LogP contribution in [-0.4, -0.2) is 44.4 Å². The molecule has 1 amide bonds. The van der Waals surface area contributed by atoms with Crippen molar-refractivity contribution in [2.45, 2.75) is 12.5 Å². The van der Waals surface area contributed by atoms with Crippen LogP contribution < -0.4 is 10.6 Å². The van der Waals surface area contributed by atoms with Gasteiger partial charge in [0.1, 0.15) is 9.84 Å². The van der Waals surface area contributed by atoms with Crippen LogP contribution in [-0.2, 0) is 14.6 Å². The molecular weight excluding hydrogens is 254 g/mol. The van der Waals surface area contributed by atoms with Gasteiger partial charge in [-0.25, -0.2) is 8.42 Å². The molecule has 1 aromatic rings. The Morgan fingerprint density at radius 1 is 1.56 bits per heavy atom. The number of sulfone groups is 1. The van der Waals surface area contributed by atoms with Gasteiger partial charge in [-0.1, -0.05) is 0 Å². The number of anilines is 1. The van der Waals surface area contributed by atoms with Crippen LogP contribution in [0.5, 0.6) is 0 Å². The molecule has 0 aliphatic carbocycles. The number of carbonyl (C=O) groups is 1. The molecule has 0 aliphatic rings. The number of nitrogens with two attached hydrogens (primary N) is 1. The van der Waals surface area contributed by atoms with E-state index in [2.05, 4.69) is 4.98 Å². The zero-order valence-corrected chi connectivity index (χ0v) is 11.2. The van der Waals surface area contributed by atoms with Crippen LogP contribution in [0.3, 0.4) is 0 Å². The van der Waals surface area contributed by atoms with Crippen molar-refractivity contribution in [2.24, 2.45) is 5.73 Å². The van der Waals surface area contributed by atoms with Crippen LogP contribution in [0.4, 0.5) is 5.69 Å². The minimum Gasteiger partial charge on any atom is -0.320 e. The maximum atomic E-state index is 11.9. The summed E-state index contributed by atoms with van der Waals surface area (Å²) in [5, 5.41) is 0. The third-order valence-corrected chi connectivity index (χ3v) is 3.46. The van der Waals surface area contributed by atoms with E-state index >= 15 is 0 Å². The first kappa shape index (κ1) is 14.6. The second-order valence-electron chi connectivity index (χ2n) is 4.13. The molecule has 6 nitrogen and oxygen atoms in total. The number of nitrogens with zero attached hydrogens (tertiary/aromatic N) is 2. The quantitative estimate of drug-likeness (QED) is 0.801. The smallest absolute Gasteiger partial charge is 0.243 e. The summed E-state index contributed by atoms with van der Waals surface area (Å²) in [7, 11) is -1.52. The maximum absolute atomic E-state index is 11.9. The van der Waals surface area contributed by atoms with E-state index in [4.69, 9.17) is 5.73 Å². The van der Waals surface area contributed by atoms with Crippen molar-refractivity contribution in [1.29, 1.82) is 0 Å². The summed E-state index contributed by atoms with van der Waals surface area (Å²) in [5.41, 5.74) is 6.31. The highest BCUT2D eigenvalue weighted by Gasteiger charge is 2.20. The number of rotatable bonds is 5. The molecule has 100 valence electrons. The SMILES string of the molecule is CN(C(=O)C(N)CCS(C)(=O)=O)c1cccnc1. The standard InChI is InChI=1S/C11H17N3O3S/c1-14(9-4-3-6-13-8-9)11(15)10(12)5-7-18(2,16)17/h3-4,6,8,10H,5,7,12H2,1-2H3. The summed E-state index contributed by atoms with van der Waals surface area (Å²) in [6, 6.07) is 2.61. The van der Waals surface area contributed by atoms with Crippen molar-refractivity contribution >= 4 is 21.4 Å². The number of carbonyl (C=O) groups excluding carboxylic acids is 1. The fourth-order valence-electron chi connectivity index (χ4n) is 1.39. The molecule has 0 fully saturated rings. The van der Waals surface area contributed by atoms with Crippen LogP contribution in [0.2, 0.25) is 0 Å². The zero-order valence-electron chi connectivity index (χ0n) is 10.4. The average molecular weight is 271 g/mol. The molecule has 2 N–H and O–H groups in total. The Bertz CT molecular complexity index is 502. The van der Waals surface area contributed by atoms with Crippen molar-refractivity contribution in [3.8, 4) is 0 Å². The van der Waals surface area contributed by atoms with E-state index in [1.165, 1.54) is 4.90 Å². The summed E-state index contributed by atoms with van der Waals surface area (Å²) in [6.45, 7) is 0. The number of hydrogen-bond donors (Lipinski definition) is 1. The first-order valence-corrected chi connectivity index (χ1v) is 7.48. The summed E-state index contributed by atoms with van der Waals surface area (Å²) < 4.78 is 22.0. The van der Waals surface area contributed by atoms with Gasteiger partial charge in [-0.05, 0) is 18.6 Å². The van der Waals surface area contributed by atoms with Crippen molar-refractivity contribution in [3.05, 3.63) is 24.5 Å². The molecule has 0 radical (unpaired) electrons. The Morgan fingerprint density at radius 2 is 2.22 bits per heavy atom. The molecule has 0 aromatic carbocycles. The van der Waals surface area contributed by atoms with E-state index < -0.39 is 15.9 Å². The van der Waals surface area contributed by atoms with Gasteiger partial charge in [0.05, 0.1) is 23.7 Å². The Labute approximate surface area is 107 Å². The molecule has 1 atom stereocenters. The largest absolute Gasteiger partial charge is 0.320 e. The molecule has 0 bridgehead atoms. The number of amides is 1. The van der Waals surface area contributed by atoms with Gasteiger partial charge < -0.3 is 10.6 Å². The molecular formula is C11H17N3O3S. The first-order valence-electron chi connectivity index (χ1n) is 5.42. The second-order valence-corrected chi connectivity index (χ2v) is 6.39. The van der Waals surface area contributed by atoms with Crippen molar-refractivity contribution in [2.75, 3.05) is 24.0 Å². The van der Waals surface area contributed by atoms with E-state index in [-0.39, 0.29) is 18.1 Å². The van der Waals surface area contributed by atoms with Gasteiger partial charge in [0.15, 0.2) is 0 Å². The highest BCUT2D eigenvalue weighted by atomic mass is 32.2. The van der Waals surface area contributed by atoms with Crippen LogP contribution in [0.1, 0.15) is 6.42 Å². The Balaban J connectivity index is 2.64. The van der Waals surface area contributed by atoms with E-state index in [1.807, 2.05) is 0 Å². The van der Waals surface area contributed by atoms with Crippen molar-refractivity contribution < 1.29 is 13.2 Å². The number of pyridine rings is 1. The molecule has 0 saturated carbocycles. The Morgan fingerprint density at radius 3 is 2.72 bits per heavy atom. The lowest BCUT2D eigenvalue weighted by Gasteiger charge is -2.20. The number of aromatic nitrogens is 1. The third-order valence-electron chi connectivity index (χ3n) is 2.48. The van der Waals surface area contributed by atoms with Gasteiger partial charge in [-0.15, -0.1) is 0 Å². The minimum atomic E-state index is -3.11. The van der Waals surface area contributed by atoms with Gasteiger partial charge in [0, 0.05) is 19.5 Å². The predicted octanol–water partition coefficient (Wildman–Crippen LogP) is -0.194. The van der Waals surface area contributed by atoms with Crippen LogP contribution in [0, 0.1) is 0 Å². The van der Waals surface area contributed by atoms with Crippen LogP contribution in [0.15, 0.2) is 24.5 Å². The molecule has 0 saturated heterocycles. The van der Waals surface area contributed by atoms with Gasteiger partial charge in [0.2, 0.25) is 5.91 Å². The first-order chi connectivity index (χ1) is 8.31. The topological polar surface area (TPSA) is 93.4 Å². The lowest BCUT2D eigenvalue weighted by atomic mass is 10.2. The van der Waals surface area contributed by atoms with E-state index in [0.717, 1.165) is 6.26 Å². The fraction of sp³-hybridized carbons (Fsp3) is 0.455. The molecule has 1 unspecified atom stereocenters. The van der Waals surface area contributed by atoms with Crippen molar-refractivity contribution in [1.82, 2.24) is 4.98 Å². The Hall–Kier alpha value is -1.47.